The summed E-state index contributed by atoms with van der Waals surface area (Å²) in [6, 6.07) is 8.38. The van der Waals surface area contributed by atoms with Crippen molar-refractivity contribution in [2.75, 3.05) is 44.6 Å². The highest BCUT2D eigenvalue weighted by Crippen LogP contribution is 2.38. The highest BCUT2D eigenvalue weighted by molar-refractivity contribution is 5.81. The summed E-state index contributed by atoms with van der Waals surface area (Å²) in [5.41, 5.74) is 5.38. The van der Waals surface area contributed by atoms with Crippen LogP contribution in [0.1, 0.15) is 18.4 Å². The van der Waals surface area contributed by atoms with Gasteiger partial charge in [0.2, 0.25) is 0 Å². The van der Waals surface area contributed by atoms with E-state index in [-0.39, 0.29) is 0 Å². The summed E-state index contributed by atoms with van der Waals surface area (Å²) in [5.74, 6) is 2.41. The first-order valence-corrected chi connectivity index (χ1v) is 9.40. The molecule has 0 N–H and O–H groups in total. The molecule has 27 heavy (non-hydrogen) atoms. The van der Waals surface area contributed by atoms with Crippen LogP contribution in [0.4, 0.5) is 11.5 Å². The molecule has 6 heteroatoms. The highest BCUT2D eigenvalue weighted by atomic mass is 16.5. The van der Waals surface area contributed by atoms with E-state index in [1.807, 2.05) is 29.7 Å². The third-order valence-electron chi connectivity index (χ3n) is 5.24. The summed E-state index contributed by atoms with van der Waals surface area (Å²) in [5, 5.41) is 4.77. The number of rotatable bonds is 6. The SMILES string of the molecule is COc1nn2c(-c3cnc(N(C)C)cc3C)cccc2c1N(C)CC1CC1. The predicted molar refractivity (Wildman–Crippen MR) is 110 cm³/mol. The van der Waals surface area contributed by atoms with Crippen molar-refractivity contribution < 1.29 is 4.74 Å². The summed E-state index contributed by atoms with van der Waals surface area (Å²) in [6.07, 6.45) is 4.57. The van der Waals surface area contributed by atoms with Crippen LogP contribution >= 0.6 is 0 Å². The molecule has 4 rings (SSSR count). The minimum Gasteiger partial charge on any atom is -0.478 e. The van der Waals surface area contributed by atoms with Gasteiger partial charge in [-0.05, 0) is 49.4 Å². The van der Waals surface area contributed by atoms with Gasteiger partial charge in [0.05, 0.1) is 18.3 Å². The summed E-state index contributed by atoms with van der Waals surface area (Å²) in [7, 11) is 7.82. The molecule has 1 aliphatic rings. The van der Waals surface area contributed by atoms with Crippen LogP contribution in [0.2, 0.25) is 0 Å². The van der Waals surface area contributed by atoms with E-state index < -0.39 is 0 Å². The summed E-state index contributed by atoms with van der Waals surface area (Å²) < 4.78 is 7.61. The van der Waals surface area contributed by atoms with Crippen LogP contribution in [0, 0.1) is 12.8 Å². The molecule has 3 heterocycles. The van der Waals surface area contributed by atoms with Gasteiger partial charge < -0.3 is 14.5 Å². The number of ether oxygens (including phenoxy) is 1. The van der Waals surface area contributed by atoms with Crippen LogP contribution in [0.15, 0.2) is 30.5 Å². The quantitative estimate of drug-likeness (QED) is 0.668. The van der Waals surface area contributed by atoms with Crippen LogP contribution in [-0.4, -0.2) is 49.4 Å². The number of fused-ring (bicyclic) bond motifs is 1. The van der Waals surface area contributed by atoms with Gasteiger partial charge in [0.15, 0.2) is 0 Å². The van der Waals surface area contributed by atoms with Crippen molar-refractivity contribution in [3.05, 3.63) is 36.0 Å². The van der Waals surface area contributed by atoms with E-state index in [0.29, 0.717) is 5.88 Å². The third-order valence-corrected chi connectivity index (χ3v) is 5.24. The Hall–Kier alpha value is -2.76. The largest absolute Gasteiger partial charge is 0.478 e. The molecular formula is C21H27N5O. The van der Waals surface area contributed by atoms with Crippen LogP contribution < -0.4 is 14.5 Å². The lowest BCUT2D eigenvalue weighted by Crippen LogP contribution is -2.20. The highest BCUT2D eigenvalue weighted by Gasteiger charge is 2.27. The molecular weight excluding hydrogens is 338 g/mol. The van der Waals surface area contributed by atoms with Crippen LogP contribution in [-0.2, 0) is 0 Å². The second-order valence-electron chi connectivity index (χ2n) is 7.64. The van der Waals surface area contributed by atoms with Crippen molar-refractivity contribution >= 4 is 17.0 Å². The summed E-state index contributed by atoms with van der Waals surface area (Å²) in [6.45, 7) is 3.16. The number of methoxy groups -OCH3 is 1. The van der Waals surface area contributed by atoms with Gasteiger partial charge in [-0.3, -0.25) is 0 Å². The number of pyridine rings is 2. The zero-order chi connectivity index (χ0) is 19.1. The third kappa shape index (κ3) is 3.20. The van der Waals surface area contributed by atoms with Crippen molar-refractivity contribution in [3.63, 3.8) is 0 Å². The monoisotopic (exact) mass is 365 g/mol. The Kier molecular flexibility index (Phi) is 4.42. The van der Waals surface area contributed by atoms with E-state index in [1.165, 1.54) is 18.4 Å². The normalized spacial score (nSPS) is 13.8. The maximum absolute atomic E-state index is 5.63. The number of aromatic nitrogens is 3. The fourth-order valence-electron chi connectivity index (χ4n) is 3.57. The fraction of sp³-hybridized carbons (Fsp3) is 0.429. The number of hydrogen-bond donors (Lipinski definition) is 0. The zero-order valence-electron chi connectivity index (χ0n) is 16.7. The topological polar surface area (TPSA) is 45.9 Å². The second-order valence-corrected chi connectivity index (χ2v) is 7.64. The zero-order valence-corrected chi connectivity index (χ0v) is 16.7. The Balaban J connectivity index is 1.84. The average Bonchev–Trinajstić information content (AvgIpc) is 3.37. The molecule has 1 aliphatic carbocycles. The molecule has 6 nitrogen and oxygen atoms in total. The second kappa shape index (κ2) is 6.76. The fourth-order valence-corrected chi connectivity index (χ4v) is 3.57. The molecule has 3 aromatic rings. The number of aryl methyl sites for hydroxylation is 1. The maximum Gasteiger partial charge on any atom is 0.257 e. The lowest BCUT2D eigenvalue weighted by atomic mass is 10.1. The van der Waals surface area contributed by atoms with Crippen molar-refractivity contribution in [3.8, 4) is 17.1 Å². The van der Waals surface area contributed by atoms with E-state index in [1.54, 1.807) is 7.11 Å². The van der Waals surface area contributed by atoms with Gasteiger partial charge in [0.1, 0.15) is 11.5 Å². The molecule has 0 radical (unpaired) electrons. The lowest BCUT2D eigenvalue weighted by Gasteiger charge is -2.18. The molecule has 1 fully saturated rings. The molecule has 0 aromatic carbocycles. The van der Waals surface area contributed by atoms with E-state index in [2.05, 4.69) is 48.1 Å². The molecule has 0 saturated heterocycles. The summed E-state index contributed by atoms with van der Waals surface area (Å²) in [4.78, 5) is 8.89. The first kappa shape index (κ1) is 17.6. The van der Waals surface area contributed by atoms with Crippen LogP contribution in [0.25, 0.3) is 16.8 Å². The Bertz CT molecular complexity index is 974. The van der Waals surface area contributed by atoms with E-state index >= 15 is 0 Å². The number of anilines is 2. The van der Waals surface area contributed by atoms with Crippen LogP contribution in [0.5, 0.6) is 5.88 Å². The van der Waals surface area contributed by atoms with E-state index in [9.17, 15) is 0 Å². The summed E-state index contributed by atoms with van der Waals surface area (Å²) >= 11 is 0. The smallest absolute Gasteiger partial charge is 0.257 e. The van der Waals surface area contributed by atoms with Crippen LogP contribution in [0.3, 0.4) is 0 Å². The van der Waals surface area contributed by atoms with Gasteiger partial charge in [-0.1, -0.05) is 6.07 Å². The Morgan fingerprint density at radius 2 is 2.00 bits per heavy atom. The van der Waals surface area contributed by atoms with Crippen molar-refractivity contribution in [2.45, 2.75) is 19.8 Å². The molecule has 0 spiro atoms. The first-order chi connectivity index (χ1) is 13.0. The Labute approximate surface area is 160 Å². The van der Waals surface area contributed by atoms with Gasteiger partial charge in [0, 0.05) is 39.4 Å². The van der Waals surface area contributed by atoms with Gasteiger partial charge in [-0.2, -0.15) is 0 Å². The van der Waals surface area contributed by atoms with E-state index in [4.69, 9.17) is 9.84 Å². The average molecular weight is 365 g/mol. The predicted octanol–water partition coefficient (Wildman–Crippen LogP) is 3.63. The van der Waals surface area contributed by atoms with Crippen molar-refractivity contribution in [1.29, 1.82) is 0 Å². The molecule has 3 aromatic heterocycles. The molecule has 0 aliphatic heterocycles. The Morgan fingerprint density at radius 3 is 2.63 bits per heavy atom. The molecule has 1 saturated carbocycles. The number of hydrogen-bond acceptors (Lipinski definition) is 5. The first-order valence-electron chi connectivity index (χ1n) is 9.40. The molecule has 0 amide bonds. The number of nitrogens with zero attached hydrogens (tertiary/aromatic N) is 5. The molecule has 142 valence electrons. The van der Waals surface area contributed by atoms with Crippen molar-refractivity contribution in [1.82, 2.24) is 14.6 Å². The standard InChI is InChI=1S/C21H27N5O/c1-14-11-19(24(2)3)22-12-16(14)17-7-6-8-18-20(21(27-5)23-26(17)18)25(4)13-15-9-10-15/h6-8,11-12,15H,9-10,13H2,1-5H3. The molecule has 0 atom stereocenters. The van der Waals surface area contributed by atoms with E-state index in [0.717, 1.165) is 40.7 Å². The Morgan fingerprint density at radius 1 is 1.22 bits per heavy atom. The van der Waals surface area contributed by atoms with Gasteiger partial charge in [0.25, 0.3) is 5.88 Å². The van der Waals surface area contributed by atoms with Crippen molar-refractivity contribution in [2.24, 2.45) is 5.92 Å². The molecule has 0 bridgehead atoms. The van der Waals surface area contributed by atoms with Gasteiger partial charge in [-0.25, -0.2) is 9.50 Å². The lowest BCUT2D eigenvalue weighted by molar-refractivity contribution is 0.395. The minimum atomic E-state index is 0.668. The van der Waals surface area contributed by atoms with Gasteiger partial charge in [-0.15, -0.1) is 5.10 Å². The minimum absolute atomic E-state index is 0.668. The maximum atomic E-state index is 5.63. The molecule has 0 unspecified atom stereocenters. The van der Waals surface area contributed by atoms with Gasteiger partial charge >= 0.3 is 0 Å².